The van der Waals surface area contributed by atoms with Crippen LogP contribution in [0, 0.1) is 5.92 Å². The van der Waals surface area contributed by atoms with Crippen LogP contribution in [0.15, 0.2) is 41.3 Å². The van der Waals surface area contributed by atoms with E-state index < -0.39 is 0 Å². The van der Waals surface area contributed by atoms with Gasteiger partial charge in [0.25, 0.3) is 5.91 Å². The number of hydrogen-bond acceptors (Lipinski definition) is 6. The van der Waals surface area contributed by atoms with E-state index in [2.05, 4.69) is 37.7 Å². The summed E-state index contributed by atoms with van der Waals surface area (Å²) < 4.78 is 6.96. The molecule has 1 amide bonds. The number of likely N-dealkylation sites (N-methyl/N-ethyl adjacent to an activating group) is 1. The molecule has 0 saturated carbocycles. The van der Waals surface area contributed by atoms with Gasteiger partial charge in [-0.3, -0.25) is 14.7 Å². The molecule has 1 aliphatic heterocycles. The normalized spacial score (nSPS) is 20.6. The van der Waals surface area contributed by atoms with Crippen molar-refractivity contribution in [1.82, 2.24) is 19.8 Å². The molecule has 0 aliphatic carbocycles. The molecule has 3 atom stereocenters. The Kier molecular flexibility index (Phi) is 7.21. The molecular weight excluding hydrogens is 436 g/mol. The van der Waals surface area contributed by atoms with Gasteiger partial charge in [0.2, 0.25) is 5.88 Å². The van der Waals surface area contributed by atoms with Gasteiger partial charge in [0.05, 0.1) is 12.6 Å². The Morgan fingerprint density at radius 2 is 2.14 bits per heavy atom. The number of carbonyl (C=O) groups is 1. The van der Waals surface area contributed by atoms with E-state index in [-0.39, 0.29) is 30.6 Å². The molecule has 3 rings (SSSR count). The van der Waals surface area contributed by atoms with Crippen molar-refractivity contribution in [2.45, 2.75) is 32.5 Å². The van der Waals surface area contributed by atoms with Gasteiger partial charge in [-0.15, -0.1) is 0 Å². The van der Waals surface area contributed by atoms with Crippen LogP contribution in [-0.2, 0) is 6.54 Å². The molecule has 0 bridgehead atoms. The monoisotopic (exact) mass is 462 g/mol. The Labute approximate surface area is 179 Å². The zero-order chi connectivity index (χ0) is 21.0. The van der Waals surface area contributed by atoms with Gasteiger partial charge >= 0.3 is 0 Å². The van der Waals surface area contributed by atoms with Crippen molar-refractivity contribution in [1.29, 1.82) is 0 Å². The van der Waals surface area contributed by atoms with Crippen LogP contribution in [0.1, 0.15) is 29.8 Å². The molecule has 0 spiro atoms. The van der Waals surface area contributed by atoms with E-state index in [1.807, 2.05) is 26.1 Å². The van der Waals surface area contributed by atoms with Gasteiger partial charge in [0, 0.05) is 48.6 Å². The van der Waals surface area contributed by atoms with Crippen molar-refractivity contribution >= 4 is 21.8 Å². The predicted molar refractivity (Wildman–Crippen MR) is 114 cm³/mol. The van der Waals surface area contributed by atoms with E-state index in [9.17, 15) is 9.90 Å². The number of halogens is 1. The number of aliphatic hydroxyl groups excluding tert-OH is 1. The molecule has 1 aliphatic rings. The first-order chi connectivity index (χ1) is 13.9. The van der Waals surface area contributed by atoms with E-state index in [0.29, 0.717) is 29.0 Å². The van der Waals surface area contributed by atoms with E-state index in [4.69, 9.17) is 4.74 Å². The molecule has 0 aromatic carbocycles. The summed E-state index contributed by atoms with van der Waals surface area (Å²) in [6.07, 6.45) is 5.05. The van der Waals surface area contributed by atoms with E-state index in [0.717, 1.165) is 6.54 Å². The van der Waals surface area contributed by atoms with Crippen LogP contribution in [0.25, 0.3) is 0 Å². The lowest BCUT2D eigenvalue weighted by molar-refractivity contribution is 0.0325. The Bertz CT molecular complexity index is 836. The number of hydrogen-bond donors (Lipinski definition) is 1. The quantitative estimate of drug-likeness (QED) is 0.710. The smallest absolute Gasteiger partial charge is 0.259 e. The first-order valence-electron chi connectivity index (χ1n) is 9.70. The lowest BCUT2D eigenvalue weighted by Gasteiger charge is -2.37. The number of amides is 1. The van der Waals surface area contributed by atoms with Gasteiger partial charge in [-0.2, -0.15) is 0 Å². The minimum absolute atomic E-state index is 0.0615. The Morgan fingerprint density at radius 3 is 2.83 bits per heavy atom. The molecular formula is C21H27BrN4O3. The lowest BCUT2D eigenvalue weighted by Crippen LogP contribution is -2.49. The minimum atomic E-state index is -0.287. The van der Waals surface area contributed by atoms with Gasteiger partial charge in [0.1, 0.15) is 11.7 Å². The van der Waals surface area contributed by atoms with Crippen LogP contribution in [0.2, 0.25) is 0 Å². The van der Waals surface area contributed by atoms with Crippen molar-refractivity contribution in [3.63, 3.8) is 0 Å². The number of pyridine rings is 2. The maximum Gasteiger partial charge on any atom is 0.259 e. The largest absolute Gasteiger partial charge is 0.472 e. The highest BCUT2D eigenvalue weighted by atomic mass is 79.9. The number of fused-ring (bicyclic) bond motifs is 1. The number of rotatable bonds is 6. The Balaban J connectivity index is 1.85. The first kappa shape index (κ1) is 21.7. The maximum absolute atomic E-state index is 13.1. The van der Waals surface area contributed by atoms with Crippen LogP contribution in [0.3, 0.4) is 0 Å². The Morgan fingerprint density at radius 1 is 1.41 bits per heavy atom. The first-order valence-corrected chi connectivity index (χ1v) is 10.5. The number of aliphatic hydroxyl groups is 1. The summed E-state index contributed by atoms with van der Waals surface area (Å²) >= 11 is 3.39. The van der Waals surface area contributed by atoms with Gasteiger partial charge in [-0.1, -0.05) is 6.92 Å². The average Bonchev–Trinajstić information content (AvgIpc) is 2.71. The fourth-order valence-electron chi connectivity index (χ4n) is 3.47. The van der Waals surface area contributed by atoms with Gasteiger partial charge < -0.3 is 14.7 Å². The summed E-state index contributed by atoms with van der Waals surface area (Å²) in [6.45, 7) is 5.77. The molecule has 8 heteroatoms. The van der Waals surface area contributed by atoms with Crippen molar-refractivity contribution in [2.75, 3.05) is 26.7 Å². The molecule has 0 fully saturated rings. The van der Waals surface area contributed by atoms with Crippen LogP contribution in [0.5, 0.6) is 5.88 Å². The molecule has 1 N–H and O–H groups in total. The van der Waals surface area contributed by atoms with Crippen molar-refractivity contribution in [3.05, 3.63) is 52.4 Å². The number of nitrogens with zero attached hydrogens (tertiary/aromatic N) is 4. The number of carbonyl (C=O) groups excluding carboxylic acids is 1. The molecule has 3 heterocycles. The molecule has 7 nitrogen and oxygen atoms in total. The number of aromatic nitrogens is 2. The predicted octanol–water partition coefficient (Wildman–Crippen LogP) is 2.59. The Hall–Kier alpha value is -2.03. The second-order valence-corrected chi connectivity index (χ2v) is 8.60. The third-order valence-corrected chi connectivity index (χ3v) is 5.61. The topological polar surface area (TPSA) is 78.8 Å². The van der Waals surface area contributed by atoms with Gasteiger partial charge in [0.15, 0.2) is 0 Å². The lowest BCUT2D eigenvalue weighted by atomic mass is 10.00. The fraction of sp³-hybridized carbons (Fsp3) is 0.476. The summed E-state index contributed by atoms with van der Waals surface area (Å²) in [4.78, 5) is 25.4. The van der Waals surface area contributed by atoms with Crippen LogP contribution >= 0.6 is 15.9 Å². The summed E-state index contributed by atoms with van der Waals surface area (Å²) in [5, 5.41) is 9.67. The maximum atomic E-state index is 13.1. The minimum Gasteiger partial charge on any atom is -0.472 e. The SMILES string of the molecule is C[C@@H]1CN([C@@H](C)CO)C(=O)c2cc(Br)cnc2O[C@H]1CN(C)Cc1ccncc1. The summed E-state index contributed by atoms with van der Waals surface area (Å²) in [6, 6.07) is 5.44. The van der Waals surface area contributed by atoms with Gasteiger partial charge in [-0.05, 0) is 53.7 Å². The third-order valence-electron chi connectivity index (χ3n) is 5.18. The van der Waals surface area contributed by atoms with Crippen molar-refractivity contribution in [3.8, 4) is 5.88 Å². The van der Waals surface area contributed by atoms with E-state index >= 15 is 0 Å². The molecule has 29 heavy (non-hydrogen) atoms. The van der Waals surface area contributed by atoms with Crippen LogP contribution in [-0.4, -0.2) is 69.7 Å². The molecule has 2 aromatic heterocycles. The van der Waals surface area contributed by atoms with Crippen molar-refractivity contribution < 1.29 is 14.6 Å². The second kappa shape index (κ2) is 9.65. The fourth-order valence-corrected chi connectivity index (χ4v) is 3.80. The zero-order valence-electron chi connectivity index (χ0n) is 17.0. The summed E-state index contributed by atoms with van der Waals surface area (Å²) in [7, 11) is 2.05. The van der Waals surface area contributed by atoms with E-state index in [1.54, 1.807) is 29.6 Å². The summed E-state index contributed by atoms with van der Waals surface area (Å²) in [5.74, 6) is 0.222. The zero-order valence-corrected chi connectivity index (χ0v) is 18.5. The van der Waals surface area contributed by atoms with Crippen LogP contribution < -0.4 is 4.74 Å². The molecule has 0 unspecified atom stereocenters. The standard InChI is InChI=1S/C21H27BrN4O3/c1-14-10-26(15(2)13-27)21(28)18-8-17(22)9-24-20(18)29-19(14)12-25(3)11-16-4-6-23-7-5-16/h4-9,14-15,19,27H,10-13H2,1-3H3/t14-,15+,19+/m1/s1. The highest BCUT2D eigenvalue weighted by Crippen LogP contribution is 2.28. The molecule has 2 aromatic rings. The van der Waals surface area contributed by atoms with E-state index in [1.165, 1.54) is 5.56 Å². The highest BCUT2D eigenvalue weighted by Gasteiger charge is 2.34. The average molecular weight is 463 g/mol. The van der Waals surface area contributed by atoms with Crippen molar-refractivity contribution in [2.24, 2.45) is 5.92 Å². The van der Waals surface area contributed by atoms with Crippen LogP contribution in [0.4, 0.5) is 0 Å². The highest BCUT2D eigenvalue weighted by molar-refractivity contribution is 9.10. The summed E-state index contributed by atoms with van der Waals surface area (Å²) in [5.41, 5.74) is 1.59. The molecule has 0 radical (unpaired) electrons. The molecule has 156 valence electrons. The third kappa shape index (κ3) is 5.32. The number of ether oxygens (including phenoxy) is 1. The van der Waals surface area contributed by atoms with Gasteiger partial charge in [-0.25, -0.2) is 4.98 Å². The molecule has 0 saturated heterocycles. The second-order valence-electron chi connectivity index (χ2n) is 7.68.